The van der Waals surface area contributed by atoms with E-state index in [2.05, 4.69) is 5.32 Å². The summed E-state index contributed by atoms with van der Waals surface area (Å²) in [5.41, 5.74) is -0.110. The second kappa shape index (κ2) is 8.80. The first-order valence-corrected chi connectivity index (χ1v) is 7.56. The van der Waals surface area contributed by atoms with Crippen molar-refractivity contribution < 1.29 is 10.0 Å². The minimum atomic E-state index is -0.602. The minimum Gasteiger partial charge on any atom is -0.391 e. The highest BCUT2D eigenvalue weighted by atomic mass is 35.5. The van der Waals surface area contributed by atoms with Crippen LogP contribution < -0.4 is 5.32 Å². The number of nitrogens with zero attached hydrogens (tertiary/aromatic N) is 1. The fourth-order valence-electron chi connectivity index (χ4n) is 1.45. The van der Waals surface area contributed by atoms with E-state index in [1.807, 2.05) is 20.8 Å². The van der Waals surface area contributed by atoms with E-state index in [0.29, 0.717) is 22.2 Å². The topological polar surface area (TPSA) is 75.4 Å². The fourth-order valence-corrected chi connectivity index (χ4v) is 2.75. The molecule has 0 radical (unpaired) electrons. The number of hydrogen-bond acceptors (Lipinski definition) is 5. The van der Waals surface area contributed by atoms with Crippen molar-refractivity contribution >= 4 is 41.5 Å². The molecule has 0 aliphatic heterocycles. The Balaban J connectivity index is 0.00000400. The molecule has 1 atom stereocenters. The molecule has 1 aromatic rings. The summed E-state index contributed by atoms with van der Waals surface area (Å²) in [5, 5.41) is 24.3. The van der Waals surface area contributed by atoms with E-state index in [-0.39, 0.29) is 23.6 Å². The molecule has 0 saturated carbocycles. The van der Waals surface area contributed by atoms with Gasteiger partial charge in [-0.25, -0.2) is 0 Å². The van der Waals surface area contributed by atoms with E-state index in [9.17, 15) is 15.2 Å². The normalized spacial score (nSPS) is 12.6. The first-order valence-electron chi connectivity index (χ1n) is 6.19. The Morgan fingerprint density at radius 1 is 1.48 bits per heavy atom. The van der Waals surface area contributed by atoms with Gasteiger partial charge in [-0.1, -0.05) is 17.7 Å². The van der Waals surface area contributed by atoms with Gasteiger partial charge in [-0.15, -0.1) is 24.2 Å². The predicted molar refractivity (Wildman–Crippen MR) is 89.8 cm³/mol. The quantitative estimate of drug-likeness (QED) is 0.464. The maximum Gasteiger partial charge on any atom is 0.284 e. The van der Waals surface area contributed by atoms with Crippen LogP contribution in [0.4, 0.5) is 5.69 Å². The molecule has 0 heterocycles. The third-order valence-electron chi connectivity index (χ3n) is 2.43. The number of rotatable bonds is 6. The number of nitro groups is 1. The summed E-state index contributed by atoms with van der Waals surface area (Å²) in [7, 11) is 0. The molecule has 21 heavy (non-hydrogen) atoms. The molecule has 0 fully saturated rings. The van der Waals surface area contributed by atoms with Crippen molar-refractivity contribution in [3.05, 3.63) is 33.3 Å². The summed E-state index contributed by atoms with van der Waals surface area (Å²) < 4.78 is 0. The molecule has 0 spiro atoms. The van der Waals surface area contributed by atoms with E-state index in [1.54, 1.807) is 12.1 Å². The lowest BCUT2D eigenvalue weighted by atomic mass is 10.1. The minimum absolute atomic E-state index is 0. The zero-order chi connectivity index (χ0) is 15.3. The highest BCUT2D eigenvalue weighted by Crippen LogP contribution is 2.35. The Labute approximate surface area is 140 Å². The lowest BCUT2D eigenvalue weighted by Gasteiger charge is -2.22. The van der Waals surface area contributed by atoms with E-state index in [0.717, 1.165) is 0 Å². The number of nitro benzene ring substituents is 1. The Morgan fingerprint density at radius 3 is 2.62 bits per heavy atom. The molecule has 1 rings (SSSR count). The summed E-state index contributed by atoms with van der Waals surface area (Å²) in [6, 6.07) is 4.56. The number of benzene rings is 1. The van der Waals surface area contributed by atoms with Crippen LogP contribution in [0.2, 0.25) is 5.02 Å². The van der Waals surface area contributed by atoms with Gasteiger partial charge >= 0.3 is 0 Å². The largest absolute Gasteiger partial charge is 0.391 e. The van der Waals surface area contributed by atoms with Crippen LogP contribution in [0, 0.1) is 10.1 Å². The highest BCUT2D eigenvalue weighted by Gasteiger charge is 2.19. The van der Waals surface area contributed by atoms with Gasteiger partial charge in [-0.2, -0.15) is 0 Å². The molecule has 2 N–H and O–H groups in total. The first kappa shape index (κ1) is 20.5. The standard InChI is InChI=1S/C13H19ClN2O3S.ClH/c1-13(2,3)15-7-9(17)8-20-12-10(14)5-4-6-11(12)16(18)19;/h4-6,9,15,17H,7-8H2,1-3H3;1H. The average Bonchev–Trinajstić information content (AvgIpc) is 2.33. The second-order valence-electron chi connectivity index (χ2n) is 5.44. The van der Waals surface area contributed by atoms with Crippen LogP contribution in [0.15, 0.2) is 23.1 Å². The number of aliphatic hydroxyl groups is 1. The van der Waals surface area contributed by atoms with E-state index < -0.39 is 11.0 Å². The molecule has 0 aliphatic rings. The molecule has 1 aromatic carbocycles. The summed E-state index contributed by atoms with van der Waals surface area (Å²) >= 11 is 7.18. The number of nitrogens with one attached hydrogen (secondary N) is 1. The molecule has 0 bridgehead atoms. The molecule has 0 saturated heterocycles. The smallest absolute Gasteiger partial charge is 0.284 e. The molecular formula is C13H20Cl2N2O3S. The van der Waals surface area contributed by atoms with Gasteiger partial charge in [0.1, 0.15) is 4.90 Å². The van der Waals surface area contributed by atoms with Crippen LogP contribution in [-0.4, -0.2) is 34.0 Å². The molecule has 5 nitrogen and oxygen atoms in total. The van der Waals surface area contributed by atoms with E-state index >= 15 is 0 Å². The number of β-amino-alcohol motifs (C(OH)–C–C–N with tert-alkyl or cyclic N) is 1. The first-order chi connectivity index (χ1) is 9.20. The van der Waals surface area contributed by atoms with Crippen molar-refractivity contribution in [3.63, 3.8) is 0 Å². The van der Waals surface area contributed by atoms with Crippen molar-refractivity contribution in [3.8, 4) is 0 Å². The van der Waals surface area contributed by atoms with Gasteiger partial charge in [-0.05, 0) is 26.8 Å². The van der Waals surface area contributed by atoms with Gasteiger partial charge in [0, 0.05) is 23.9 Å². The van der Waals surface area contributed by atoms with E-state index in [1.165, 1.54) is 17.8 Å². The highest BCUT2D eigenvalue weighted by molar-refractivity contribution is 7.99. The van der Waals surface area contributed by atoms with Crippen molar-refractivity contribution in [2.45, 2.75) is 37.3 Å². The van der Waals surface area contributed by atoms with Crippen LogP contribution in [0.3, 0.4) is 0 Å². The van der Waals surface area contributed by atoms with Crippen molar-refractivity contribution in [1.82, 2.24) is 5.32 Å². The maximum absolute atomic E-state index is 10.9. The second-order valence-corrected chi connectivity index (χ2v) is 6.88. The van der Waals surface area contributed by atoms with Gasteiger partial charge in [-0.3, -0.25) is 10.1 Å². The van der Waals surface area contributed by atoms with E-state index in [4.69, 9.17) is 11.6 Å². The Bertz CT molecular complexity index is 481. The number of thioether (sulfide) groups is 1. The predicted octanol–water partition coefficient (Wildman–Crippen LogP) is 3.51. The average molecular weight is 355 g/mol. The Morgan fingerprint density at radius 2 is 2.10 bits per heavy atom. The SMILES string of the molecule is CC(C)(C)NCC(O)CSc1c(Cl)cccc1[N+](=O)[O-].Cl. The zero-order valence-corrected chi connectivity index (χ0v) is 14.5. The Kier molecular flexibility index (Phi) is 8.58. The van der Waals surface area contributed by atoms with Crippen molar-refractivity contribution in [1.29, 1.82) is 0 Å². The molecule has 0 amide bonds. The van der Waals surface area contributed by atoms with Crippen molar-refractivity contribution in [2.75, 3.05) is 12.3 Å². The van der Waals surface area contributed by atoms with Gasteiger partial charge in [0.25, 0.3) is 5.69 Å². The number of hydrogen-bond donors (Lipinski definition) is 2. The summed E-state index contributed by atoms with van der Waals surface area (Å²) in [4.78, 5) is 10.9. The molecule has 0 aromatic heterocycles. The molecule has 8 heteroatoms. The molecule has 0 aliphatic carbocycles. The third-order valence-corrected chi connectivity index (χ3v) is 4.13. The van der Waals surface area contributed by atoms with Crippen LogP contribution in [0.5, 0.6) is 0 Å². The van der Waals surface area contributed by atoms with Gasteiger partial charge in [0.15, 0.2) is 0 Å². The lowest BCUT2D eigenvalue weighted by Crippen LogP contribution is -2.41. The summed E-state index contributed by atoms with van der Waals surface area (Å²) in [5.74, 6) is 0.341. The van der Waals surface area contributed by atoms with Crippen LogP contribution in [0.25, 0.3) is 0 Å². The number of aliphatic hydroxyl groups excluding tert-OH is 1. The summed E-state index contributed by atoms with van der Waals surface area (Å²) in [6.07, 6.45) is -0.602. The van der Waals surface area contributed by atoms with Gasteiger partial charge < -0.3 is 10.4 Å². The molecule has 1 unspecified atom stereocenters. The third kappa shape index (κ3) is 7.33. The number of halogens is 2. The van der Waals surface area contributed by atoms with Crippen LogP contribution >= 0.6 is 35.8 Å². The zero-order valence-electron chi connectivity index (χ0n) is 12.1. The summed E-state index contributed by atoms with van der Waals surface area (Å²) in [6.45, 7) is 6.44. The van der Waals surface area contributed by atoms with Crippen LogP contribution in [-0.2, 0) is 0 Å². The molecule has 120 valence electrons. The fraction of sp³-hybridized carbons (Fsp3) is 0.538. The monoisotopic (exact) mass is 354 g/mol. The Hall–Kier alpha value is -0.530. The van der Waals surface area contributed by atoms with Crippen molar-refractivity contribution in [2.24, 2.45) is 0 Å². The molecular weight excluding hydrogens is 335 g/mol. The van der Waals surface area contributed by atoms with Gasteiger partial charge in [0.05, 0.1) is 16.0 Å². The van der Waals surface area contributed by atoms with Gasteiger partial charge in [0.2, 0.25) is 0 Å². The van der Waals surface area contributed by atoms with Crippen LogP contribution in [0.1, 0.15) is 20.8 Å². The maximum atomic E-state index is 10.9. The lowest BCUT2D eigenvalue weighted by molar-refractivity contribution is -0.387.